The average Bonchev–Trinajstić information content (AvgIpc) is 3.69. The van der Waals surface area contributed by atoms with E-state index in [1.807, 2.05) is 24.8 Å². The monoisotopic (exact) mass is 783 g/mol. The summed E-state index contributed by atoms with van der Waals surface area (Å²) in [6.45, 7) is 4.33. The minimum absolute atomic E-state index is 0. The third kappa shape index (κ3) is 5.37. The molecule has 0 aliphatic heterocycles. The molecule has 6 aromatic rings. The molecule has 4 aromatic heterocycles. The minimum atomic E-state index is -0.518. The first-order chi connectivity index (χ1) is 22.1. The number of nitrogens with zero attached hydrogens (tertiary/aromatic N) is 6. The molecule has 8 rings (SSSR count). The number of aromatic nitrogens is 6. The number of hydrogen-bond donors (Lipinski definition) is 0. The van der Waals surface area contributed by atoms with Gasteiger partial charge in [-0.3, -0.25) is 19.9 Å². The summed E-state index contributed by atoms with van der Waals surface area (Å²) in [6.07, 6.45) is 23.8. The van der Waals surface area contributed by atoms with Crippen molar-refractivity contribution in [3.63, 3.8) is 0 Å². The summed E-state index contributed by atoms with van der Waals surface area (Å²) in [4.78, 5) is 19.9. The molecule has 2 aromatic carbocycles. The third-order valence-corrected chi connectivity index (χ3v) is 9.56. The summed E-state index contributed by atoms with van der Waals surface area (Å²) in [7, 11) is 0. The summed E-state index contributed by atoms with van der Waals surface area (Å²) < 4.78 is 4.47. The van der Waals surface area contributed by atoms with E-state index >= 15 is 0 Å². The molecule has 0 radical (unpaired) electrons. The van der Waals surface area contributed by atoms with E-state index in [-0.39, 0.29) is 21.1 Å². The Labute approximate surface area is 285 Å². The Kier molecular flexibility index (Phi) is 8.33. The Hall–Kier alpha value is -4.15. The van der Waals surface area contributed by atoms with E-state index in [2.05, 4.69) is 96.0 Å². The van der Waals surface area contributed by atoms with Crippen LogP contribution < -0.4 is 0 Å². The second-order valence-electron chi connectivity index (χ2n) is 12.8. The molecule has 0 saturated heterocycles. The van der Waals surface area contributed by atoms with Crippen molar-refractivity contribution in [3.05, 3.63) is 132 Å². The van der Waals surface area contributed by atoms with Crippen LogP contribution in [0.5, 0.6) is 0 Å². The van der Waals surface area contributed by atoms with E-state index in [1.165, 1.54) is 48.2 Å². The zero-order chi connectivity index (χ0) is 30.4. The molecule has 4 heterocycles. The summed E-state index contributed by atoms with van der Waals surface area (Å²) in [5.41, 5.74) is 12.7. The number of hydrogen-bond acceptors (Lipinski definition) is 4. The van der Waals surface area contributed by atoms with Crippen molar-refractivity contribution in [2.75, 3.05) is 0 Å². The molecule has 7 heteroatoms. The molecule has 0 N–H and O–H groups in total. The standard InChI is InChI=1S/C39H36N6.Pt/c1-39(2,37-23-40-21-33(42-37)31-25-44(27-13-5-3-6-14-27)35-19-11-9-17-29(31)35)38-24-41-22-34(43-38)32-26-45(28-15-7-4-8-16-28)36-20-12-10-18-30(32)36;/h3-8,13-16,21-24H,9-12,17-20H2,1-2H3;/q-2;+2. The molecule has 2 aliphatic rings. The predicted molar refractivity (Wildman–Crippen MR) is 177 cm³/mol. The van der Waals surface area contributed by atoms with Gasteiger partial charge in [0.05, 0.1) is 16.8 Å². The Morgan fingerprint density at radius 2 is 0.978 bits per heavy atom. The summed E-state index contributed by atoms with van der Waals surface area (Å²) in [5.74, 6) is 0. The van der Waals surface area contributed by atoms with E-state index in [1.54, 1.807) is 0 Å². The zero-order valence-corrected chi connectivity index (χ0v) is 28.5. The van der Waals surface area contributed by atoms with Crippen LogP contribution in [-0.2, 0) is 52.2 Å². The summed E-state index contributed by atoms with van der Waals surface area (Å²) in [5, 5.41) is 0. The van der Waals surface area contributed by atoms with Gasteiger partial charge in [0.15, 0.2) is 0 Å². The van der Waals surface area contributed by atoms with E-state index in [4.69, 9.17) is 19.9 Å². The fourth-order valence-electron chi connectivity index (χ4n) is 7.03. The van der Waals surface area contributed by atoms with Crippen LogP contribution in [0.1, 0.15) is 73.4 Å². The van der Waals surface area contributed by atoms with Crippen LogP contribution in [0.4, 0.5) is 0 Å². The molecule has 46 heavy (non-hydrogen) atoms. The molecule has 0 spiro atoms. The van der Waals surface area contributed by atoms with Crippen molar-refractivity contribution in [3.8, 4) is 33.9 Å². The fourth-order valence-corrected chi connectivity index (χ4v) is 7.03. The van der Waals surface area contributed by atoms with E-state index in [9.17, 15) is 0 Å². The molecule has 2 aliphatic carbocycles. The maximum Gasteiger partial charge on any atom is 2.00 e. The first kappa shape index (κ1) is 30.5. The van der Waals surface area contributed by atoms with E-state index < -0.39 is 5.41 Å². The van der Waals surface area contributed by atoms with Crippen molar-refractivity contribution in [1.29, 1.82) is 0 Å². The van der Waals surface area contributed by atoms with Crippen molar-refractivity contribution in [1.82, 2.24) is 29.1 Å². The van der Waals surface area contributed by atoms with Gasteiger partial charge in [-0.1, -0.05) is 122 Å². The van der Waals surface area contributed by atoms with Crippen LogP contribution in [0.3, 0.4) is 0 Å². The van der Waals surface area contributed by atoms with Gasteiger partial charge in [-0.05, 0) is 50.5 Å². The van der Waals surface area contributed by atoms with Gasteiger partial charge >= 0.3 is 21.1 Å². The molecule has 0 saturated carbocycles. The molecule has 0 atom stereocenters. The number of benzene rings is 2. The van der Waals surface area contributed by atoms with Crippen molar-refractivity contribution in [2.45, 2.75) is 70.6 Å². The molecule has 232 valence electrons. The van der Waals surface area contributed by atoms with Crippen LogP contribution in [0.25, 0.3) is 33.9 Å². The van der Waals surface area contributed by atoms with Gasteiger partial charge in [0, 0.05) is 36.2 Å². The van der Waals surface area contributed by atoms with Gasteiger partial charge in [-0.15, -0.1) is 11.1 Å². The first-order valence-corrected chi connectivity index (χ1v) is 16.2. The van der Waals surface area contributed by atoms with Crippen LogP contribution in [0, 0.1) is 12.4 Å². The average molecular weight is 784 g/mol. The van der Waals surface area contributed by atoms with Crippen molar-refractivity contribution < 1.29 is 21.1 Å². The van der Waals surface area contributed by atoms with Gasteiger partial charge in [-0.25, -0.2) is 0 Å². The normalized spacial score (nSPS) is 14.3. The third-order valence-electron chi connectivity index (χ3n) is 9.56. The largest absolute Gasteiger partial charge is 2.00 e. The maximum absolute atomic E-state index is 5.24. The van der Waals surface area contributed by atoms with Gasteiger partial charge < -0.3 is 9.13 Å². The molecule has 6 nitrogen and oxygen atoms in total. The number of fused-ring (bicyclic) bond motifs is 2. The van der Waals surface area contributed by atoms with Crippen LogP contribution in [0.2, 0.25) is 0 Å². The smallest absolute Gasteiger partial charge is 0.420 e. The number of para-hydroxylation sites is 2. The molecule has 0 unspecified atom stereocenters. The summed E-state index contributed by atoms with van der Waals surface area (Å²) in [6, 6.07) is 21.0. The second-order valence-corrected chi connectivity index (χ2v) is 12.8. The Bertz CT molecular complexity index is 1850. The Morgan fingerprint density at radius 3 is 1.41 bits per heavy atom. The van der Waals surface area contributed by atoms with Gasteiger partial charge in [-0.2, -0.15) is 0 Å². The van der Waals surface area contributed by atoms with Crippen LogP contribution >= 0.6 is 0 Å². The van der Waals surface area contributed by atoms with Crippen LogP contribution in [-0.4, -0.2) is 29.1 Å². The molecule has 0 amide bonds. The Balaban J connectivity index is 0.00000338. The maximum atomic E-state index is 5.24. The first-order valence-electron chi connectivity index (χ1n) is 16.2. The molecular formula is C39H36N6Pt. The molecule has 0 fully saturated rings. The van der Waals surface area contributed by atoms with Crippen LogP contribution in [0.15, 0.2) is 85.5 Å². The SMILES string of the molecule is CC(C)(c1cncc(-c2[c-]n(-c3ccccc3)c3c2CCCC3)n1)c1cncc(-c2[c-]n(-c3ccccc3)c3c2CCCC3)n1.[Pt+2]. The fraction of sp³-hybridized carbons (Fsp3) is 0.282. The van der Waals surface area contributed by atoms with Gasteiger partial charge in [0.1, 0.15) is 0 Å². The number of rotatable bonds is 6. The van der Waals surface area contributed by atoms with E-state index in [0.29, 0.717) is 0 Å². The molecule has 0 bridgehead atoms. The quantitative estimate of drug-likeness (QED) is 0.162. The summed E-state index contributed by atoms with van der Waals surface area (Å²) >= 11 is 0. The predicted octanol–water partition coefficient (Wildman–Crippen LogP) is 7.86. The van der Waals surface area contributed by atoms with Gasteiger partial charge in [0.2, 0.25) is 0 Å². The van der Waals surface area contributed by atoms with Crippen molar-refractivity contribution >= 4 is 0 Å². The Morgan fingerprint density at radius 1 is 0.565 bits per heavy atom. The molecular weight excluding hydrogens is 748 g/mol. The minimum Gasteiger partial charge on any atom is -0.420 e. The van der Waals surface area contributed by atoms with E-state index in [0.717, 1.165) is 71.0 Å². The van der Waals surface area contributed by atoms with Crippen molar-refractivity contribution in [2.24, 2.45) is 0 Å². The zero-order valence-electron chi connectivity index (χ0n) is 26.2. The second kappa shape index (κ2) is 12.6. The van der Waals surface area contributed by atoms with Gasteiger partial charge in [0.25, 0.3) is 0 Å². The topological polar surface area (TPSA) is 61.4 Å².